The summed E-state index contributed by atoms with van der Waals surface area (Å²) in [6.07, 6.45) is 1.66. The van der Waals surface area contributed by atoms with Crippen LogP contribution in [0, 0.1) is 0 Å². The summed E-state index contributed by atoms with van der Waals surface area (Å²) < 4.78 is 6.26. The predicted octanol–water partition coefficient (Wildman–Crippen LogP) is 0.255. The number of hydrogen-bond donors (Lipinski definition) is 2. The number of carbonyl (C=O) groups is 4. The quantitative estimate of drug-likeness (QED) is 0.732. The molecule has 0 aliphatic heterocycles. The summed E-state index contributed by atoms with van der Waals surface area (Å²) in [5, 5.41) is 4.48. The van der Waals surface area contributed by atoms with E-state index in [0.29, 0.717) is 11.3 Å². The lowest BCUT2D eigenvalue weighted by atomic mass is 10.2. The Labute approximate surface area is 143 Å². The highest BCUT2D eigenvalue weighted by Gasteiger charge is 2.15. The van der Waals surface area contributed by atoms with Crippen molar-refractivity contribution in [1.29, 1.82) is 0 Å². The molecule has 1 heterocycles. The number of nitrogens with zero attached hydrogens (tertiary/aromatic N) is 1. The van der Waals surface area contributed by atoms with Crippen molar-refractivity contribution in [3.05, 3.63) is 59.9 Å². The van der Waals surface area contributed by atoms with Gasteiger partial charge in [-0.1, -0.05) is 18.2 Å². The normalized spacial score (nSPS) is 9.96. The standard InChI is InChI=1S/C17H17N3O5/c1-20-9-5-8-13(20)17(24)19-14(21)11-25-15(22)10-18-16(23)12-6-3-2-4-7-12/h2-9H,10-11H2,1H3,(H,18,23)(H,19,21,24). The van der Waals surface area contributed by atoms with E-state index in [2.05, 4.69) is 10.6 Å². The molecule has 1 aromatic heterocycles. The van der Waals surface area contributed by atoms with Crippen molar-refractivity contribution in [3.63, 3.8) is 0 Å². The van der Waals surface area contributed by atoms with Crippen molar-refractivity contribution < 1.29 is 23.9 Å². The van der Waals surface area contributed by atoms with E-state index in [1.165, 1.54) is 0 Å². The molecular formula is C17H17N3O5. The molecule has 0 bridgehead atoms. The maximum absolute atomic E-state index is 11.8. The molecule has 0 atom stereocenters. The van der Waals surface area contributed by atoms with Crippen LogP contribution in [0.3, 0.4) is 0 Å². The number of amides is 3. The summed E-state index contributed by atoms with van der Waals surface area (Å²) in [6, 6.07) is 11.6. The topological polar surface area (TPSA) is 106 Å². The van der Waals surface area contributed by atoms with E-state index >= 15 is 0 Å². The summed E-state index contributed by atoms with van der Waals surface area (Å²) in [5.41, 5.74) is 0.705. The Bertz CT molecular complexity index is 783. The van der Waals surface area contributed by atoms with Crippen LogP contribution in [0.15, 0.2) is 48.7 Å². The molecule has 0 saturated carbocycles. The maximum atomic E-state index is 11.8. The third-order valence-electron chi connectivity index (χ3n) is 3.22. The number of nitrogens with one attached hydrogen (secondary N) is 2. The van der Waals surface area contributed by atoms with E-state index in [-0.39, 0.29) is 6.54 Å². The van der Waals surface area contributed by atoms with Crippen LogP contribution in [0.5, 0.6) is 0 Å². The number of hydrogen-bond acceptors (Lipinski definition) is 5. The minimum atomic E-state index is -0.786. The van der Waals surface area contributed by atoms with Crippen molar-refractivity contribution in [2.75, 3.05) is 13.2 Å². The average molecular weight is 343 g/mol. The van der Waals surface area contributed by atoms with Crippen LogP contribution < -0.4 is 10.6 Å². The van der Waals surface area contributed by atoms with Gasteiger partial charge in [-0.05, 0) is 24.3 Å². The van der Waals surface area contributed by atoms with Gasteiger partial charge in [0, 0.05) is 18.8 Å². The van der Waals surface area contributed by atoms with E-state index in [0.717, 1.165) is 0 Å². The Kier molecular flexibility index (Phi) is 6.05. The fourth-order valence-electron chi connectivity index (χ4n) is 1.96. The lowest BCUT2D eigenvalue weighted by Gasteiger charge is -2.07. The molecule has 3 amide bonds. The van der Waals surface area contributed by atoms with Crippen LogP contribution in [0.1, 0.15) is 20.8 Å². The van der Waals surface area contributed by atoms with E-state index < -0.39 is 30.3 Å². The first kappa shape index (κ1) is 17.9. The van der Waals surface area contributed by atoms with Gasteiger partial charge in [0.15, 0.2) is 6.61 Å². The molecule has 8 heteroatoms. The van der Waals surface area contributed by atoms with Gasteiger partial charge in [0.25, 0.3) is 17.7 Å². The summed E-state index contributed by atoms with van der Waals surface area (Å²) in [6.45, 7) is -0.997. The number of ether oxygens (including phenoxy) is 1. The van der Waals surface area contributed by atoms with Gasteiger partial charge in [-0.25, -0.2) is 0 Å². The molecule has 130 valence electrons. The van der Waals surface area contributed by atoms with E-state index in [1.54, 1.807) is 60.3 Å². The zero-order valence-electron chi connectivity index (χ0n) is 13.5. The number of aryl methyl sites for hydroxylation is 1. The first-order valence-electron chi connectivity index (χ1n) is 7.42. The number of esters is 1. The fourth-order valence-corrected chi connectivity index (χ4v) is 1.96. The minimum absolute atomic E-state index is 0.301. The van der Waals surface area contributed by atoms with Crippen molar-refractivity contribution in [1.82, 2.24) is 15.2 Å². The van der Waals surface area contributed by atoms with Gasteiger partial charge < -0.3 is 14.6 Å². The van der Waals surface area contributed by atoms with Gasteiger partial charge in [-0.15, -0.1) is 0 Å². The predicted molar refractivity (Wildman–Crippen MR) is 87.6 cm³/mol. The van der Waals surface area contributed by atoms with Gasteiger partial charge >= 0.3 is 5.97 Å². The van der Waals surface area contributed by atoms with Gasteiger partial charge in [0.1, 0.15) is 12.2 Å². The molecule has 8 nitrogen and oxygen atoms in total. The van der Waals surface area contributed by atoms with Crippen molar-refractivity contribution in [2.45, 2.75) is 0 Å². The molecule has 0 aliphatic carbocycles. The fraction of sp³-hybridized carbons (Fsp3) is 0.176. The summed E-state index contributed by atoms with van der Waals surface area (Å²) >= 11 is 0. The average Bonchev–Trinajstić information content (AvgIpc) is 3.04. The SMILES string of the molecule is Cn1cccc1C(=O)NC(=O)COC(=O)CNC(=O)c1ccccc1. The molecule has 2 aromatic rings. The van der Waals surface area contributed by atoms with Crippen molar-refractivity contribution in [2.24, 2.45) is 7.05 Å². The molecule has 0 fully saturated rings. The molecular weight excluding hydrogens is 326 g/mol. The molecule has 0 radical (unpaired) electrons. The van der Waals surface area contributed by atoms with Gasteiger partial charge in [-0.3, -0.25) is 24.5 Å². The van der Waals surface area contributed by atoms with Crippen LogP contribution >= 0.6 is 0 Å². The van der Waals surface area contributed by atoms with Crippen LogP contribution in [0.25, 0.3) is 0 Å². The second-order valence-electron chi connectivity index (χ2n) is 5.09. The number of benzene rings is 1. The smallest absolute Gasteiger partial charge is 0.325 e. The monoisotopic (exact) mass is 343 g/mol. The van der Waals surface area contributed by atoms with Crippen LogP contribution in [-0.2, 0) is 21.4 Å². The van der Waals surface area contributed by atoms with Crippen LogP contribution in [-0.4, -0.2) is 41.4 Å². The first-order valence-corrected chi connectivity index (χ1v) is 7.42. The Morgan fingerprint density at radius 2 is 1.72 bits per heavy atom. The molecule has 0 spiro atoms. The van der Waals surface area contributed by atoms with Crippen LogP contribution in [0.2, 0.25) is 0 Å². The highest BCUT2D eigenvalue weighted by atomic mass is 16.5. The molecule has 0 saturated heterocycles. The minimum Gasteiger partial charge on any atom is -0.454 e. The number of carbonyl (C=O) groups excluding carboxylic acids is 4. The Morgan fingerprint density at radius 1 is 1.00 bits per heavy atom. The molecule has 25 heavy (non-hydrogen) atoms. The number of imide groups is 1. The Balaban J connectivity index is 1.71. The second kappa shape index (κ2) is 8.44. The highest BCUT2D eigenvalue weighted by Crippen LogP contribution is 1.99. The molecule has 2 rings (SSSR count). The van der Waals surface area contributed by atoms with E-state index in [9.17, 15) is 19.2 Å². The highest BCUT2D eigenvalue weighted by molar-refractivity contribution is 6.04. The van der Waals surface area contributed by atoms with Crippen molar-refractivity contribution >= 4 is 23.7 Å². The third-order valence-corrected chi connectivity index (χ3v) is 3.22. The van der Waals surface area contributed by atoms with Gasteiger partial charge in [0.05, 0.1) is 0 Å². The number of rotatable bonds is 6. The Hall–Kier alpha value is -3.42. The molecule has 0 unspecified atom stereocenters. The third kappa shape index (κ3) is 5.31. The van der Waals surface area contributed by atoms with Crippen molar-refractivity contribution in [3.8, 4) is 0 Å². The summed E-state index contributed by atoms with van der Waals surface area (Å²) in [7, 11) is 1.66. The Morgan fingerprint density at radius 3 is 2.36 bits per heavy atom. The van der Waals surface area contributed by atoms with Gasteiger partial charge in [0.2, 0.25) is 0 Å². The number of aromatic nitrogens is 1. The molecule has 0 aliphatic rings. The zero-order chi connectivity index (χ0) is 18.2. The van der Waals surface area contributed by atoms with E-state index in [4.69, 9.17) is 4.74 Å². The molecule has 1 aromatic carbocycles. The largest absolute Gasteiger partial charge is 0.454 e. The first-order chi connectivity index (χ1) is 12.0. The lowest BCUT2D eigenvalue weighted by molar-refractivity contribution is -0.147. The summed E-state index contributed by atoms with van der Waals surface area (Å²) in [5.74, 6) is -2.56. The zero-order valence-corrected chi connectivity index (χ0v) is 13.5. The second-order valence-corrected chi connectivity index (χ2v) is 5.09. The van der Waals surface area contributed by atoms with E-state index in [1.807, 2.05) is 0 Å². The van der Waals surface area contributed by atoms with Gasteiger partial charge in [-0.2, -0.15) is 0 Å². The summed E-state index contributed by atoms with van der Waals surface area (Å²) in [4.78, 5) is 46.7. The van der Waals surface area contributed by atoms with Crippen LogP contribution in [0.4, 0.5) is 0 Å². The lowest BCUT2D eigenvalue weighted by Crippen LogP contribution is -2.37. The maximum Gasteiger partial charge on any atom is 0.325 e. The molecule has 2 N–H and O–H groups in total.